The quantitative estimate of drug-likeness (QED) is 0.777. The highest BCUT2D eigenvalue weighted by atomic mass is 19.1. The zero-order chi connectivity index (χ0) is 10.5. The molecule has 0 bridgehead atoms. The molecule has 1 aliphatic carbocycles. The molecule has 0 atom stereocenters. The molecule has 1 aromatic carbocycles. The minimum Gasteiger partial charge on any atom is -0.464 e. The molecule has 0 saturated heterocycles. The fourth-order valence-corrected chi connectivity index (χ4v) is 2.33. The molecule has 78 valence electrons. The SMILES string of the molecule is NC1(c2c(F)ccc3occc23)CCC1. The van der Waals surface area contributed by atoms with Crippen LogP contribution in [-0.4, -0.2) is 0 Å². The first-order valence-electron chi connectivity index (χ1n) is 5.16. The van der Waals surface area contributed by atoms with Gasteiger partial charge in [-0.25, -0.2) is 4.39 Å². The van der Waals surface area contributed by atoms with Crippen LogP contribution in [0.25, 0.3) is 11.0 Å². The molecular weight excluding hydrogens is 193 g/mol. The van der Waals surface area contributed by atoms with E-state index in [9.17, 15) is 4.39 Å². The maximum atomic E-state index is 13.8. The first-order chi connectivity index (χ1) is 7.21. The van der Waals surface area contributed by atoms with E-state index >= 15 is 0 Å². The van der Waals surface area contributed by atoms with E-state index in [1.807, 2.05) is 0 Å². The van der Waals surface area contributed by atoms with E-state index in [0.29, 0.717) is 11.1 Å². The van der Waals surface area contributed by atoms with Crippen molar-refractivity contribution in [3.8, 4) is 0 Å². The molecule has 0 radical (unpaired) electrons. The van der Waals surface area contributed by atoms with Gasteiger partial charge in [-0.3, -0.25) is 0 Å². The molecule has 0 unspecified atom stereocenters. The summed E-state index contributed by atoms with van der Waals surface area (Å²) in [5.74, 6) is -0.217. The molecule has 2 N–H and O–H groups in total. The highest BCUT2D eigenvalue weighted by Crippen LogP contribution is 2.43. The molecule has 1 saturated carbocycles. The van der Waals surface area contributed by atoms with Crippen LogP contribution in [0.3, 0.4) is 0 Å². The second-order valence-electron chi connectivity index (χ2n) is 4.26. The van der Waals surface area contributed by atoms with Crippen molar-refractivity contribution in [2.75, 3.05) is 0 Å². The molecule has 1 aliphatic rings. The van der Waals surface area contributed by atoms with E-state index in [1.54, 1.807) is 18.4 Å². The number of fused-ring (bicyclic) bond motifs is 1. The van der Waals surface area contributed by atoms with Gasteiger partial charge in [-0.15, -0.1) is 0 Å². The molecular formula is C12H12FNO. The Kier molecular flexibility index (Phi) is 1.68. The number of halogens is 1. The number of rotatable bonds is 1. The van der Waals surface area contributed by atoms with Crippen LogP contribution in [0.5, 0.6) is 0 Å². The van der Waals surface area contributed by atoms with Gasteiger partial charge in [-0.1, -0.05) is 0 Å². The van der Waals surface area contributed by atoms with Crippen molar-refractivity contribution in [3.05, 3.63) is 35.8 Å². The third-order valence-corrected chi connectivity index (χ3v) is 3.33. The van der Waals surface area contributed by atoms with E-state index in [1.165, 1.54) is 6.07 Å². The first kappa shape index (κ1) is 8.92. The Morgan fingerprint density at radius 1 is 1.27 bits per heavy atom. The van der Waals surface area contributed by atoms with Crippen molar-refractivity contribution in [3.63, 3.8) is 0 Å². The second kappa shape index (κ2) is 2.83. The smallest absolute Gasteiger partial charge is 0.134 e. The Hall–Kier alpha value is -1.35. The van der Waals surface area contributed by atoms with Crippen molar-refractivity contribution in [1.29, 1.82) is 0 Å². The molecule has 0 aliphatic heterocycles. The van der Waals surface area contributed by atoms with Crippen LogP contribution in [0.2, 0.25) is 0 Å². The second-order valence-corrected chi connectivity index (χ2v) is 4.26. The molecule has 1 aromatic heterocycles. The predicted octanol–water partition coefficient (Wildman–Crippen LogP) is 2.91. The van der Waals surface area contributed by atoms with Gasteiger partial charge in [-0.05, 0) is 37.5 Å². The van der Waals surface area contributed by atoms with Crippen LogP contribution in [0, 0.1) is 5.82 Å². The van der Waals surface area contributed by atoms with E-state index in [2.05, 4.69) is 0 Å². The summed E-state index contributed by atoms with van der Waals surface area (Å²) in [5.41, 5.74) is 7.03. The van der Waals surface area contributed by atoms with Crippen LogP contribution in [0.4, 0.5) is 4.39 Å². The molecule has 2 nitrogen and oxygen atoms in total. The lowest BCUT2D eigenvalue weighted by atomic mass is 9.71. The van der Waals surface area contributed by atoms with Gasteiger partial charge in [0.2, 0.25) is 0 Å². The van der Waals surface area contributed by atoms with Crippen molar-refractivity contribution >= 4 is 11.0 Å². The maximum Gasteiger partial charge on any atom is 0.134 e. The van der Waals surface area contributed by atoms with Gasteiger partial charge in [0.15, 0.2) is 0 Å². The van der Waals surface area contributed by atoms with Gasteiger partial charge in [0.25, 0.3) is 0 Å². The fraction of sp³-hybridized carbons (Fsp3) is 0.333. The van der Waals surface area contributed by atoms with Crippen molar-refractivity contribution in [1.82, 2.24) is 0 Å². The average molecular weight is 205 g/mol. The summed E-state index contributed by atoms with van der Waals surface area (Å²) in [6, 6.07) is 4.88. The van der Waals surface area contributed by atoms with Crippen LogP contribution in [-0.2, 0) is 5.54 Å². The van der Waals surface area contributed by atoms with Crippen LogP contribution < -0.4 is 5.73 Å². The Labute approximate surface area is 86.9 Å². The summed E-state index contributed by atoms with van der Waals surface area (Å²) >= 11 is 0. The van der Waals surface area contributed by atoms with Crippen LogP contribution >= 0.6 is 0 Å². The minimum atomic E-state index is -0.479. The van der Waals surface area contributed by atoms with Gasteiger partial charge in [-0.2, -0.15) is 0 Å². The molecule has 1 heterocycles. The first-order valence-corrected chi connectivity index (χ1v) is 5.16. The zero-order valence-electron chi connectivity index (χ0n) is 8.29. The number of benzene rings is 1. The van der Waals surface area contributed by atoms with Crippen molar-refractivity contribution in [2.45, 2.75) is 24.8 Å². The molecule has 15 heavy (non-hydrogen) atoms. The van der Waals surface area contributed by atoms with Gasteiger partial charge < -0.3 is 10.2 Å². The lowest BCUT2D eigenvalue weighted by Gasteiger charge is -2.39. The summed E-state index contributed by atoms with van der Waals surface area (Å²) in [5, 5.41) is 0.817. The fourth-order valence-electron chi connectivity index (χ4n) is 2.33. The predicted molar refractivity (Wildman–Crippen MR) is 55.9 cm³/mol. The number of hydrogen-bond donors (Lipinski definition) is 1. The Balaban J connectivity index is 2.31. The summed E-state index contributed by atoms with van der Waals surface area (Å²) < 4.78 is 19.0. The molecule has 3 rings (SSSR count). The minimum absolute atomic E-state index is 0.217. The van der Waals surface area contributed by atoms with E-state index < -0.39 is 5.54 Å². The van der Waals surface area contributed by atoms with Gasteiger partial charge in [0.1, 0.15) is 11.4 Å². The normalized spacial score (nSPS) is 19.1. The Morgan fingerprint density at radius 3 is 2.73 bits per heavy atom. The van der Waals surface area contributed by atoms with Crippen molar-refractivity contribution in [2.24, 2.45) is 5.73 Å². The number of nitrogens with two attached hydrogens (primary N) is 1. The maximum absolute atomic E-state index is 13.8. The Morgan fingerprint density at radius 2 is 2.07 bits per heavy atom. The third kappa shape index (κ3) is 1.13. The van der Waals surface area contributed by atoms with Crippen LogP contribution in [0.1, 0.15) is 24.8 Å². The lowest BCUT2D eigenvalue weighted by Crippen LogP contribution is -2.44. The number of furan rings is 1. The topological polar surface area (TPSA) is 39.2 Å². The number of hydrogen-bond acceptors (Lipinski definition) is 2. The summed E-state index contributed by atoms with van der Waals surface area (Å²) in [7, 11) is 0. The molecule has 2 aromatic rings. The monoisotopic (exact) mass is 205 g/mol. The largest absolute Gasteiger partial charge is 0.464 e. The Bertz CT molecular complexity index is 513. The molecule has 3 heteroatoms. The summed E-state index contributed by atoms with van der Waals surface area (Å²) in [6.07, 6.45) is 4.36. The molecule has 0 spiro atoms. The average Bonchev–Trinajstić information content (AvgIpc) is 2.62. The lowest BCUT2D eigenvalue weighted by molar-refractivity contribution is 0.247. The van der Waals surface area contributed by atoms with Crippen LogP contribution in [0.15, 0.2) is 28.9 Å². The zero-order valence-corrected chi connectivity index (χ0v) is 8.29. The molecule has 1 fully saturated rings. The standard InChI is InChI=1S/C12H12FNO/c13-9-2-3-10-8(4-7-15-10)11(9)12(14)5-1-6-12/h2-4,7H,1,5-6,14H2. The highest BCUT2D eigenvalue weighted by molar-refractivity contribution is 5.82. The van der Waals surface area contributed by atoms with Gasteiger partial charge >= 0.3 is 0 Å². The molecule has 0 amide bonds. The van der Waals surface area contributed by atoms with Gasteiger partial charge in [0.05, 0.1) is 6.26 Å². The van der Waals surface area contributed by atoms with E-state index in [4.69, 9.17) is 10.2 Å². The summed E-state index contributed by atoms with van der Waals surface area (Å²) in [6.45, 7) is 0. The van der Waals surface area contributed by atoms with E-state index in [0.717, 1.165) is 24.6 Å². The van der Waals surface area contributed by atoms with E-state index in [-0.39, 0.29) is 5.82 Å². The van der Waals surface area contributed by atoms with Crippen molar-refractivity contribution < 1.29 is 8.81 Å². The summed E-state index contributed by atoms with van der Waals surface area (Å²) in [4.78, 5) is 0. The van der Waals surface area contributed by atoms with Gasteiger partial charge in [0, 0.05) is 16.5 Å². The highest BCUT2D eigenvalue weighted by Gasteiger charge is 2.38. The third-order valence-electron chi connectivity index (χ3n) is 3.33.